The van der Waals surface area contributed by atoms with Crippen LogP contribution in [0.15, 0.2) is 134 Å². The van der Waals surface area contributed by atoms with Gasteiger partial charge >= 0.3 is 0 Å². The molecule has 286 valence electrons. The highest BCUT2D eigenvalue weighted by molar-refractivity contribution is 6.29. The van der Waals surface area contributed by atoms with Crippen molar-refractivity contribution in [1.82, 2.24) is 15.0 Å². The fraction of sp³-hybridized carbons (Fsp3) is 0.170. The van der Waals surface area contributed by atoms with Crippen molar-refractivity contribution < 1.29 is 24.6 Å². The standard InChI is InChI=1S/C47H38N6O5/c1-29(9-2-3-23-50-28-33(22-24-54)48-49-50)47(58)38-26-35(53-41-19-8-14-32-12-6-17-37(43(32)41)45(53)56)20-21-39(38)51(46(47)57)27-30-10-4-15-34(25-30)52-40-18-7-13-31-11-5-16-36(42(31)40)44(52)55/h2,4-21,25-26,28-29,54,58H,3,22-24,27H2,1H3/b9-2+/t29-,47+/m0/s1. The smallest absolute Gasteiger partial charge is 0.264 e. The summed E-state index contributed by atoms with van der Waals surface area (Å²) in [4.78, 5) is 47.6. The molecule has 0 spiro atoms. The fourth-order valence-electron chi connectivity index (χ4n) is 8.87. The molecule has 7 aromatic rings. The van der Waals surface area contributed by atoms with Gasteiger partial charge in [0.2, 0.25) is 0 Å². The van der Waals surface area contributed by atoms with Crippen molar-refractivity contribution in [2.45, 2.75) is 38.5 Å². The number of amides is 3. The van der Waals surface area contributed by atoms with Gasteiger partial charge in [-0.15, -0.1) is 5.10 Å². The lowest BCUT2D eigenvalue weighted by Crippen LogP contribution is -2.44. The normalized spacial score (nSPS) is 17.5. The van der Waals surface area contributed by atoms with E-state index in [1.807, 2.05) is 128 Å². The molecule has 11 nitrogen and oxygen atoms in total. The van der Waals surface area contributed by atoms with Crippen LogP contribution in [0, 0.1) is 5.92 Å². The third-order valence-corrected chi connectivity index (χ3v) is 11.7. The second-order valence-electron chi connectivity index (χ2n) is 15.1. The van der Waals surface area contributed by atoms with Gasteiger partial charge in [-0.2, -0.15) is 0 Å². The minimum atomic E-state index is -1.97. The zero-order valence-electron chi connectivity index (χ0n) is 31.6. The Morgan fingerprint density at radius 2 is 1.36 bits per heavy atom. The summed E-state index contributed by atoms with van der Waals surface area (Å²) in [5.41, 5.74) is 4.48. The van der Waals surface area contributed by atoms with Gasteiger partial charge in [0.05, 0.1) is 40.4 Å². The maximum absolute atomic E-state index is 14.8. The van der Waals surface area contributed by atoms with Crippen molar-refractivity contribution >= 4 is 67.7 Å². The molecule has 0 unspecified atom stereocenters. The number of nitrogens with zero attached hydrogens (tertiary/aromatic N) is 6. The molecular formula is C47H38N6O5. The van der Waals surface area contributed by atoms with Crippen LogP contribution in [0.5, 0.6) is 0 Å². The maximum Gasteiger partial charge on any atom is 0.264 e. The number of rotatable bonds is 11. The number of anilines is 5. The second kappa shape index (κ2) is 13.6. The number of hydrogen-bond donors (Lipinski definition) is 2. The molecule has 1 aromatic heterocycles. The van der Waals surface area contributed by atoms with E-state index in [1.54, 1.807) is 31.6 Å². The van der Waals surface area contributed by atoms with Gasteiger partial charge in [-0.3, -0.25) is 28.9 Å². The molecule has 0 saturated carbocycles. The minimum absolute atomic E-state index is 0.00728. The average molecular weight is 767 g/mol. The molecule has 4 heterocycles. The molecule has 0 fully saturated rings. The van der Waals surface area contributed by atoms with E-state index >= 15 is 0 Å². The molecule has 2 N–H and O–H groups in total. The number of carbonyl (C=O) groups excluding carboxylic acids is 3. The Balaban J connectivity index is 0.999. The zero-order chi connectivity index (χ0) is 39.7. The first-order valence-electron chi connectivity index (χ1n) is 19.4. The Kier molecular flexibility index (Phi) is 8.32. The molecule has 2 atom stereocenters. The third kappa shape index (κ3) is 5.38. The number of aliphatic hydroxyl groups excluding tert-OH is 1. The van der Waals surface area contributed by atoms with Gasteiger partial charge in [-0.05, 0) is 77.4 Å². The molecule has 58 heavy (non-hydrogen) atoms. The van der Waals surface area contributed by atoms with Crippen LogP contribution in [0.2, 0.25) is 0 Å². The van der Waals surface area contributed by atoms with Gasteiger partial charge in [0.15, 0.2) is 5.60 Å². The van der Waals surface area contributed by atoms with Crippen LogP contribution in [-0.2, 0) is 29.9 Å². The lowest BCUT2D eigenvalue weighted by Gasteiger charge is -2.28. The first-order valence-corrected chi connectivity index (χ1v) is 19.4. The molecule has 0 radical (unpaired) electrons. The lowest BCUT2D eigenvalue weighted by molar-refractivity contribution is -0.139. The summed E-state index contributed by atoms with van der Waals surface area (Å²) in [6.45, 7) is 2.47. The van der Waals surface area contributed by atoms with E-state index < -0.39 is 17.4 Å². The van der Waals surface area contributed by atoms with E-state index in [2.05, 4.69) is 10.3 Å². The molecule has 0 aliphatic carbocycles. The summed E-state index contributed by atoms with van der Waals surface area (Å²) in [6.07, 6.45) is 6.56. The summed E-state index contributed by atoms with van der Waals surface area (Å²) in [6, 6.07) is 36.1. The number of allylic oxidation sites excluding steroid dienone is 1. The van der Waals surface area contributed by atoms with Crippen LogP contribution in [0.4, 0.5) is 28.4 Å². The Morgan fingerprint density at radius 1 is 0.741 bits per heavy atom. The molecule has 3 amide bonds. The van der Waals surface area contributed by atoms with E-state index in [0.29, 0.717) is 58.8 Å². The number of hydrogen-bond acceptors (Lipinski definition) is 7. The second-order valence-corrected chi connectivity index (χ2v) is 15.1. The van der Waals surface area contributed by atoms with E-state index in [9.17, 15) is 24.6 Å². The van der Waals surface area contributed by atoms with Gasteiger partial charge < -0.3 is 15.1 Å². The summed E-state index contributed by atoms with van der Waals surface area (Å²) < 4.78 is 1.70. The van der Waals surface area contributed by atoms with E-state index in [0.717, 1.165) is 38.5 Å². The molecule has 11 heteroatoms. The van der Waals surface area contributed by atoms with Crippen LogP contribution in [0.3, 0.4) is 0 Å². The van der Waals surface area contributed by atoms with E-state index in [4.69, 9.17) is 0 Å². The average Bonchev–Trinajstić information content (AvgIpc) is 3.95. The van der Waals surface area contributed by atoms with Crippen LogP contribution in [-0.4, -0.2) is 49.5 Å². The minimum Gasteiger partial charge on any atom is -0.396 e. The first-order chi connectivity index (χ1) is 28.3. The van der Waals surface area contributed by atoms with Crippen molar-refractivity contribution in [2.24, 2.45) is 5.92 Å². The van der Waals surface area contributed by atoms with Gasteiger partial charge in [0, 0.05) is 59.4 Å². The predicted octanol–water partition coefficient (Wildman–Crippen LogP) is 7.72. The topological polar surface area (TPSA) is 132 Å². The number of aromatic nitrogens is 3. The predicted molar refractivity (Wildman–Crippen MR) is 223 cm³/mol. The third-order valence-electron chi connectivity index (χ3n) is 11.7. The molecule has 3 aliphatic rings. The molecule has 0 bridgehead atoms. The van der Waals surface area contributed by atoms with Crippen molar-refractivity contribution in [3.05, 3.63) is 162 Å². The van der Waals surface area contributed by atoms with Crippen molar-refractivity contribution in [2.75, 3.05) is 21.3 Å². The van der Waals surface area contributed by atoms with Crippen LogP contribution < -0.4 is 14.7 Å². The number of fused-ring (bicyclic) bond motifs is 1. The van der Waals surface area contributed by atoms with E-state index in [1.165, 1.54) is 0 Å². The monoisotopic (exact) mass is 766 g/mol. The Hall–Kier alpha value is -6.95. The number of benzene rings is 6. The van der Waals surface area contributed by atoms with Gasteiger partial charge in [-0.25, -0.2) is 0 Å². The summed E-state index contributed by atoms with van der Waals surface area (Å²) in [5, 5.41) is 33.9. The SMILES string of the molecule is C[C@@H](/C=C/CCn1cc(CCO)nn1)[C@]1(O)C(=O)N(Cc2cccc(N3C(=O)c4cccc5cccc3c45)c2)c2ccc(N3C(=O)c4cccc5cccc3c45)cc21. The van der Waals surface area contributed by atoms with Crippen LogP contribution >= 0.6 is 0 Å². The molecule has 3 aliphatic heterocycles. The first kappa shape index (κ1) is 35.5. The highest BCUT2D eigenvalue weighted by Crippen LogP contribution is 2.50. The zero-order valence-corrected chi connectivity index (χ0v) is 31.6. The highest BCUT2D eigenvalue weighted by Gasteiger charge is 2.53. The van der Waals surface area contributed by atoms with Crippen LogP contribution in [0.1, 0.15) is 50.9 Å². The largest absolute Gasteiger partial charge is 0.396 e. The van der Waals surface area contributed by atoms with Gasteiger partial charge in [0.1, 0.15) is 0 Å². The highest BCUT2D eigenvalue weighted by atomic mass is 16.3. The maximum atomic E-state index is 14.8. The fourth-order valence-corrected chi connectivity index (χ4v) is 8.87. The number of aliphatic hydroxyl groups is 2. The molecule has 6 aromatic carbocycles. The molecular weight excluding hydrogens is 729 g/mol. The van der Waals surface area contributed by atoms with Crippen molar-refractivity contribution in [1.29, 1.82) is 0 Å². The van der Waals surface area contributed by atoms with Crippen LogP contribution in [0.25, 0.3) is 21.5 Å². The Labute approximate surface area is 333 Å². The van der Waals surface area contributed by atoms with Crippen molar-refractivity contribution in [3.8, 4) is 0 Å². The van der Waals surface area contributed by atoms with E-state index in [-0.39, 0.29) is 25.0 Å². The molecule has 0 saturated heterocycles. The lowest BCUT2D eigenvalue weighted by atomic mass is 9.82. The summed E-state index contributed by atoms with van der Waals surface area (Å²) in [5.74, 6) is -1.44. The molecule has 10 rings (SSSR count). The summed E-state index contributed by atoms with van der Waals surface area (Å²) >= 11 is 0. The Morgan fingerprint density at radius 3 is 2.02 bits per heavy atom. The Bertz CT molecular complexity index is 2870. The van der Waals surface area contributed by atoms with Crippen molar-refractivity contribution in [3.63, 3.8) is 0 Å². The number of aryl methyl sites for hydroxylation is 1. The van der Waals surface area contributed by atoms with Gasteiger partial charge in [0.25, 0.3) is 17.7 Å². The number of carbonyl (C=O) groups is 3. The summed E-state index contributed by atoms with van der Waals surface area (Å²) in [7, 11) is 0. The quantitative estimate of drug-likeness (QED) is 0.129. The van der Waals surface area contributed by atoms with Gasteiger partial charge in [-0.1, -0.05) is 85.0 Å².